The Kier molecular flexibility index (Phi) is 7.09. The number of carbonyl (C=O) groups excluding carboxylic acids is 2. The first-order chi connectivity index (χ1) is 16.3. The molecule has 34 heavy (non-hydrogen) atoms. The molecule has 0 aliphatic carbocycles. The van der Waals surface area contributed by atoms with Crippen LogP contribution in [0.4, 0.5) is 15.8 Å². The molecule has 0 aromatic heterocycles. The van der Waals surface area contributed by atoms with E-state index in [1.807, 2.05) is 32.0 Å². The number of anilines is 2. The molecule has 1 heterocycles. The summed E-state index contributed by atoms with van der Waals surface area (Å²) in [6.45, 7) is 3.88. The summed E-state index contributed by atoms with van der Waals surface area (Å²) in [5.74, 6) is -0.359. The van der Waals surface area contributed by atoms with Crippen LogP contribution in [0, 0.1) is 19.7 Å². The number of amides is 2. The summed E-state index contributed by atoms with van der Waals surface area (Å²) in [6, 6.07) is 18.4. The first-order valence-corrected chi connectivity index (χ1v) is 11.7. The Morgan fingerprint density at radius 1 is 1.06 bits per heavy atom. The van der Waals surface area contributed by atoms with Crippen molar-refractivity contribution in [2.45, 2.75) is 13.8 Å². The maximum atomic E-state index is 13.2. The summed E-state index contributed by atoms with van der Waals surface area (Å²) < 4.78 is 19.2. The zero-order valence-electron chi connectivity index (χ0n) is 18.5. The minimum atomic E-state index is -0.380. The van der Waals surface area contributed by atoms with Crippen molar-refractivity contribution >= 4 is 57.6 Å². The standard InChI is InChI=1S/C26H21FN2O3S2/c1-16-3-8-20(13-17(16)2)28-24(30)15-32-22-11-4-18(5-12-22)14-23-25(31)29(26(33)34-23)21-9-6-19(27)7-10-21/h3-14H,15H2,1-2H3,(H,28,30)/b23-14-. The largest absolute Gasteiger partial charge is 0.484 e. The predicted octanol–water partition coefficient (Wildman–Crippen LogP) is 5.87. The van der Waals surface area contributed by atoms with Crippen LogP contribution in [-0.2, 0) is 9.59 Å². The van der Waals surface area contributed by atoms with E-state index in [2.05, 4.69) is 5.32 Å². The van der Waals surface area contributed by atoms with E-state index in [4.69, 9.17) is 17.0 Å². The lowest BCUT2D eigenvalue weighted by molar-refractivity contribution is -0.118. The average Bonchev–Trinajstić information content (AvgIpc) is 3.09. The number of aryl methyl sites for hydroxylation is 2. The minimum absolute atomic E-state index is 0.122. The molecule has 172 valence electrons. The molecule has 1 N–H and O–H groups in total. The molecule has 0 bridgehead atoms. The third-order valence-electron chi connectivity index (χ3n) is 5.22. The second kappa shape index (κ2) is 10.2. The number of thioether (sulfide) groups is 1. The second-order valence-electron chi connectivity index (χ2n) is 7.70. The van der Waals surface area contributed by atoms with Gasteiger partial charge in [-0.2, -0.15) is 0 Å². The van der Waals surface area contributed by atoms with E-state index >= 15 is 0 Å². The molecule has 0 unspecified atom stereocenters. The van der Waals surface area contributed by atoms with Gasteiger partial charge in [-0.1, -0.05) is 42.2 Å². The van der Waals surface area contributed by atoms with Crippen LogP contribution in [-0.4, -0.2) is 22.7 Å². The van der Waals surface area contributed by atoms with Crippen LogP contribution in [0.3, 0.4) is 0 Å². The first kappa shape index (κ1) is 23.7. The molecule has 0 saturated carbocycles. The van der Waals surface area contributed by atoms with E-state index in [0.29, 0.717) is 20.7 Å². The molecule has 1 saturated heterocycles. The minimum Gasteiger partial charge on any atom is -0.484 e. The summed E-state index contributed by atoms with van der Waals surface area (Å²) in [5.41, 5.74) is 4.29. The molecular formula is C26H21FN2O3S2. The van der Waals surface area contributed by atoms with Crippen molar-refractivity contribution in [1.29, 1.82) is 0 Å². The SMILES string of the molecule is Cc1ccc(NC(=O)COc2ccc(/C=C3\SC(=S)N(c4ccc(F)cc4)C3=O)cc2)cc1C. The van der Waals surface area contributed by atoms with E-state index in [-0.39, 0.29) is 24.2 Å². The lowest BCUT2D eigenvalue weighted by Crippen LogP contribution is -2.27. The van der Waals surface area contributed by atoms with Crippen LogP contribution in [0.1, 0.15) is 16.7 Å². The zero-order chi connectivity index (χ0) is 24.2. The highest BCUT2D eigenvalue weighted by molar-refractivity contribution is 8.27. The maximum absolute atomic E-state index is 13.2. The third kappa shape index (κ3) is 5.52. The topological polar surface area (TPSA) is 58.6 Å². The summed E-state index contributed by atoms with van der Waals surface area (Å²) in [6.07, 6.45) is 1.74. The van der Waals surface area contributed by atoms with Gasteiger partial charge in [0.2, 0.25) is 0 Å². The van der Waals surface area contributed by atoms with Crippen LogP contribution in [0.25, 0.3) is 6.08 Å². The van der Waals surface area contributed by atoms with Gasteiger partial charge in [0.25, 0.3) is 11.8 Å². The number of ether oxygens (including phenoxy) is 1. The van der Waals surface area contributed by atoms with Crippen molar-refractivity contribution in [3.8, 4) is 5.75 Å². The van der Waals surface area contributed by atoms with Crippen molar-refractivity contribution in [1.82, 2.24) is 0 Å². The summed E-state index contributed by atoms with van der Waals surface area (Å²) in [7, 11) is 0. The monoisotopic (exact) mass is 492 g/mol. The van der Waals surface area contributed by atoms with Gasteiger partial charge in [-0.15, -0.1) is 0 Å². The molecule has 0 spiro atoms. The fourth-order valence-electron chi connectivity index (χ4n) is 3.26. The van der Waals surface area contributed by atoms with Gasteiger partial charge >= 0.3 is 0 Å². The molecule has 3 aromatic carbocycles. The van der Waals surface area contributed by atoms with Crippen molar-refractivity contribution in [2.75, 3.05) is 16.8 Å². The molecule has 1 fully saturated rings. The van der Waals surface area contributed by atoms with Gasteiger partial charge in [0, 0.05) is 5.69 Å². The number of hydrogen-bond acceptors (Lipinski definition) is 5. The molecule has 8 heteroatoms. The fourth-order valence-corrected chi connectivity index (χ4v) is 4.56. The first-order valence-electron chi connectivity index (χ1n) is 10.4. The molecule has 3 aromatic rings. The van der Waals surface area contributed by atoms with Crippen LogP contribution < -0.4 is 15.0 Å². The van der Waals surface area contributed by atoms with Gasteiger partial charge in [0.1, 0.15) is 11.6 Å². The molecule has 5 nitrogen and oxygen atoms in total. The number of nitrogens with one attached hydrogen (secondary N) is 1. The number of carbonyl (C=O) groups is 2. The molecule has 2 amide bonds. The van der Waals surface area contributed by atoms with E-state index < -0.39 is 0 Å². The number of benzene rings is 3. The number of thiocarbonyl (C=S) groups is 1. The van der Waals surface area contributed by atoms with E-state index in [1.54, 1.807) is 30.3 Å². The van der Waals surface area contributed by atoms with E-state index in [0.717, 1.165) is 22.4 Å². The molecule has 4 rings (SSSR count). The van der Waals surface area contributed by atoms with E-state index in [1.165, 1.54) is 40.9 Å². The van der Waals surface area contributed by atoms with Gasteiger partial charge in [0.15, 0.2) is 10.9 Å². The molecular weight excluding hydrogens is 471 g/mol. The highest BCUT2D eigenvalue weighted by atomic mass is 32.2. The van der Waals surface area contributed by atoms with Crippen LogP contribution >= 0.6 is 24.0 Å². The Morgan fingerprint density at radius 3 is 2.44 bits per heavy atom. The number of halogens is 1. The van der Waals surface area contributed by atoms with Crippen molar-refractivity contribution in [3.63, 3.8) is 0 Å². The number of rotatable bonds is 6. The van der Waals surface area contributed by atoms with Crippen LogP contribution in [0.5, 0.6) is 5.75 Å². The Hall–Kier alpha value is -3.49. The number of nitrogens with zero attached hydrogens (tertiary/aromatic N) is 1. The van der Waals surface area contributed by atoms with Gasteiger partial charge in [-0.05, 0) is 85.1 Å². The summed E-state index contributed by atoms with van der Waals surface area (Å²) in [4.78, 5) is 26.9. The second-order valence-corrected chi connectivity index (χ2v) is 9.37. The third-order valence-corrected chi connectivity index (χ3v) is 6.52. The Bertz CT molecular complexity index is 1290. The van der Waals surface area contributed by atoms with Crippen molar-refractivity contribution < 1.29 is 18.7 Å². The Morgan fingerprint density at radius 2 is 1.76 bits per heavy atom. The molecule has 1 aliphatic rings. The average molecular weight is 493 g/mol. The smallest absolute Gasteiger partial charge is 0.270 e. The quantitative estimate of drug-likeness (QED) is 0.345. The molecule has 1 aliphatic heterocycles. The van der Waals surface area contributed by atoms with Gasteiger partial charge < -0.3 is 10.1 Å². The Labute approximate surface area is 206 Å². The lowest BCUT2D eigenvalue weighted by atomic mass is 10.1. The van der Waals surface area contributed by atoms with Crippen molar-refractivity contribution in [2.24, 2.45) is 0 Å². The van der Waals surface area contributed by atoms with Gasteiger partial charge in [-0.3, -0.25) is 14.5 Å². The van der Waals surface area contributed by atoms with Crippen LogP contribution in [0.2, 0.25) is 0 Å². The summed E-state index contributed by atoms with van der Waals surface area (Å²) in [5, 5.41) is 2.82. The van der Waals surface area contributed by atoms with E-state index in [9.17, 15) is 14.0 Å². The zero-order valence-corrected chi connectivity index (χ0v) is 20.1. The number of hydrogen-bond donors (Lipinski definition) is 1. The Balaban J connectivity index is 1.36. The van der Waals surface area contributed by atoms with Crippen LogP contribution in [0.15, 0.2) is 71.6 Å². The van der Waals surface area contributed by atoms with Gasteiger partial charge in [-0.25, -0.2) is 4.39 Å². The maximum Gasteiger partial charge on any atom is 0.270 e. The normalized spacial score (nSPS) is 14.6. The fraction of sp³-hybridized carbons (Fsp3) is 0.115. The predicted molar refractivity (Wildman–Crippen MR) is 139 cm³/mol. The lowest BCUT2D eigenvalue weighted by Gasteiger charge is -2.14. The van der Waals surface area contributed by atoms with Crippen molar-refractivity contribution in [3.05, 3.63) is 94.1 Å². The highest BCUT2D eigenvalue weighted by Gasteiger charge is 2.33. The molecule has 0 radical (unpaired) electrons. The highest BCUT2D eigenvalue weighted by Crippen LogP contribution is 2.36. The molecule has 0 atom stereocenters. The summed E-state index contributed by atoms with van der Waals surface area (Å²) >= 11 is 6.53. The van der Waals surface area contributed by atoms with Gasteiger partial charge in [0.05, 0.1) is 10.6 Å².